The standard InChI is InChI=1S/C23H31NO2/c1-15-9-17(16-3-4-16)5-6-20(15)18-7-8-23(12-18)13-24(14-23)21(25)19-10-22(2,26)11-19/h5-6,9,16,18-19,26H,3-4,7-8,10-14H2,1-2H3/t18-,19?,22?/m1/s1. The lowest BCUT2D eigenvalue weighted by Crippen LogP contribution is -2.61. The van der Waals surface area contributed by atoms with Crippen LogP contribution in [-0.4, -0.2) is 34.6 Å². The molecule has 0 unspecified atom stereocenters. The fraction of sp³-hybridized carbons (Fsp3) is 0.696. The minimum atomic E-state index is -0.606. The zero-order valence-electron chi connectivity index (χ0n) is 16.1. The first-order chi connectivity index (χ1) is 12.3. The molecule has 3 saturated carbocycles. The van der Waals surface area contributed by atoms with Crippen molar-refractivity contribution in [3.8, 4) is 0 Å². The maximum Gasteiger partial charge on any atom is 0.225 e. The number of aliphatic hydroxyl groups is 1. The van der Waals surface area contributed by atoms with E-state index in [1.165, 1.54) is 43.2 Å². The SMILES string of the molecule is Cc1cc(C2CC2)ccc1[C@@H]1CCC2(C1)CN(C(=O)C1CC(C)(O)C1)C2. The van der Waals surface area contributed by atoms with Gasteiger partial charge in [0.1, 0.15) is 0 Å². The average molecular weight is 354 g/mol. The van der Waals surface area contributed by atoms with Crippen LogP contribution in [0.15, 0.2) is 18.2 Å². The molecule has 26 heavy (non-hydrogen) atoms. The molecule has 1 N–H and O–H groups in total. The summed E-state index contributed by atoms with van der Waals surface area (Å²) in [6.45, 7) is 6.01. The van der Waals surface area contributed by atoms with Crippen LogP contribution in [0.25, 0.3) is 0 Å². The van der Waals surface area contributed by atoms with E-state index in [1.807, 2.05) is 6.92 Å². The molecule has 3 aliphatic carbocycles. The Morgan fingerprint density at radius 2 is 1.85 bits per heavy atom. The third-order valence-corrected chi connectivity index (χ3v) is 7.57. The van der Waals surface area contributed by atoms with E-state index in [0.29, 0.717) is 24.2 Å². The molecule has 1 amide bonds. The van der Waals surface area contributed by atoms with Crippen LogP contribution in [-0.2, 0) is 4.79 Å². The van der Waals surface area contributed by atoms with Gasteiger partial charge in [0.15, 0.2) is 0 Å². The van der Waals surface area contributed by atoms with Gasteiger partial charge in [0.2, 0.25) is 5.91 Å². The number of aryl methyl sites for hydroxylation is 1. The van der Waals surface area contributed by atoms with Gasteiger partial charge in [-0.2, -0.15) is 0 Å². The van der Waals surface area contributed by atoms with Crippen LogP contribution in [0.3, 0.4) is 0 Å². The first-order valence-electron chi connectivity index (χ1n) is 10.5. The topological polar surface area (TPSA) is 40.5 Å². The molecule has 1 aliphatic heterocycles. The molecule has 3 nitrogen and oxygen atoms in total. The molecule has 1 aromatic carbocycles. The van der Waals surface area contributed by atoms with Crippen LogP contribution in [0, 0.1) is 18.3 Å². The number of rotatable bonds is 3. The fourth-order valence-electron chi connectivity index (χ4n) is 5.94. The van der Waals surface area contributed by atoms with Gasteiger partial charge in [0.25, 0.3) is 0 Å². The second-order valence-electron chi connectivity index (χ2n) is 10.1. The van der Waals surface area contributed by atoms with Gasteiger partial charge in [0.05, 0.1) is 5.60 Å². The van der Waals surface area contributed by atoms with E-state index >= 15 is 0 Å². The first-order valence-corrected chi connectivity index (χ1v) is 10.5. The van der Waals surface area contributed by atoms with Crippen LogP contribution in [0.1, 0.15) is 80.4 Å². The number of benzene rings is 1. The fourth-order valence-corrected chi connectivity index (χ4v) is 5.94. The van der Waals surface area contributed by atoms with Gasteiger partial charge in [-0.05, 0) is 87.3 Å². The highest BCUT2D eigenvalue weighted by molar-refractivity contribution is 5.81. The Bertz CT molecular complexity index is 735. The van der Waals surface area contributed by atoms with Crippen LogP contribution < -0.4 is 0 Å². The number of carbonyl (C=O) groups is 1. The Morgan fingerprint density at radius 1 is 1.12 bits per heavy atom. The Balaban J connectivity index is 1.20. The van der Waals surface area contributed by atoms with Crippen molar-refractivity contribution in [2.24, 2.45) is 11.3 Å². The van der Waals surface area contributed by atoms with Gasteiger partial charge < -0.3 is 10.0 Å². The number of hydrogen-bond donors (Lipinski definition) is 1. The third kappa shape index (κ3) is 2.79. The predicted octanol–water partition coefficient (Wildman–Crippen LogP) is 4.13. The quantitative estimate of drug-likeness (QED) is 0.887. The maximum atomic E-state index is 12.6. The van der Waals surface area contributed by atoms with E-state index in [-0.39, 0.29) is 11.8 Å². The molecule has 1 atom stereocenters. The lowest BCUT2D eigenvalue weighted by atomic mass is 9.69. The highest BCUT2D eigenvalue weighted by Crippen LogP contribution is 2.53. The maximum absolute atomic E-state index is 12.6. The molecule has 4 fully saturated rings. The third-order valence-electron chi connectivity index (χ3n) is 7.57. The Kier molecular flexibility index (Phi) is 3.60. The minimum absolute atomic E-state index is 0.0664. The molecule has 0 bridgehead atoms. The molecule has 1 heterocycles. The minimum Gasteiger partial charge on any atom is -0.390 e. The van der Waals surface area contributed by atoms with Crippen molar-refractivity contribution in [1.82, 2.24) is 4.90 Å². The number of hydrogen-bond acceptors (Lipinski definition) is 2. The molecule has 1 spiro atoms. The zero-order chi connectivity index (χ0) is 18.1. The summed E-state index contributed by atoms with van der Waals surface area (Å²) < 4.78 is 0. The zero-order valence-corrected chi connectivity index (χ0v) is 16.1. The molecule has 5 rings (SSSR count). The van der Waals surface area contributed by atoms with Gasteiger partial charge in [-0.15, -0.1) is 0 Å². The lowest BCUT2D eigenvalue weighted by Gasteiger charge is -2.52. The van der Waals surface area contributed by atoms with Gasteiger partial charge >= 0.3 is 0 Å². The van der Waals surface area contributed by atoms with Crippen LogP contribution >= 0.6 is 0 Å². The second kappa shape index (κ2) is 5.58. The first kappa shape index (κ1) is 16.8. The molecule has 140 valence electrons. The molecule has 1 saturated heterocycles. The van der Waals surface area contributed by atoms with E-state index in [0.717, 1.165) is 19.0 Å². The molecular formula is C23H31NO2. The number of nitrogens with zero attached hydrogens (tertiary/aromatic N) is 1. The molecule has 3 heteroatoms. The summed E-state index contributed by atoms with van der Waals surface area (Å²) in [5.74, 6) is 1.86. The summed E-state index contributed by atoms with van der Waals surface area (Å²) in [5.41, 5.74) is 4.32. The van der Waals surface area contributed by atoms with Gasteiger partial charge in [-0.25, -0.2) is 0 Å². The molecule has 1 aromatic rings. The van der Waals surface area contributed by atoms with Crippen molar-refractivity contribution < 1.29 is 9.90 Å². The summed E-state index contributed by atoms with van der Waals surface area (Å²) in [6, 6.07) is 7.19. The van der Waals surface area contributed by atoms with Crippen molar-refractivity contribution in [2.45, 2.75) is 76.2 Å². The van der Waals surface area contributed by atoms with E-state index < -0.39 is 5.60 Å². The van der Waals surface area contributed by atoms with Gasteiger partial charge in [-0.1, -0.05) is 18.2 Å². The number of carbonyl (C=O) groups excluding carboxylic acids is 1. The molecule has 0 radical (unpaired) electrons. The highest BCUT2D eigenvalue weighted by Gasteiger charge is 2.53. The van der Waals surface area contributed by atoms with Gasteiger partial charge in [-0.3, -0.25) is 4.79 Å². The van der Waals surface area contributed by atoms with Crippen LogP contribution in [0.4, 0.5) is 0 Å². The van der Waals surface area contributed by atoms with E-state index in [1.54, 1.807) is 5.56 Å². The van der Waals surface area contributed by atoms with Crippen molar-refractivity contribution in [3.63, 3.8) is 0 Å². The predicted molar refractivity (Wildman–Crippen MR) is 102 cm³/mol. The van der Waals surface area contributed by atoms with Crippen molar-refractivity contribution >= 4 is 5.91 Å². The lowest BCUT2D eigenvalue weighted by molar-refractivity contribution is -0.161. The monoisotopic (exact) mass is 353 g/mol. The van der Waals surface area contributed by atoms with Gasteiger partial charge in [0, 0.05) is 24.4 Å². The van der Waals surface area contributed by atoms with E-state index in [2.05, 4.69) is 30.0 Å². The Hall–Kier alpha value is -1.35. The van der Waals surface area contributed by atoms with Crippen molar-refractivity contribution in [1.29, 1.82) is 0 Å². The smallest absolute Gasteiger partial charge is 0.225 e. The van der Waals surface area contributed by atoms with E-state index in [9.17, 15) is 9.90 Å². The average Bonchev–Trinajstić information content (AvgIpc) is 3.29. The Labute approximate surface area is 156 Å². The van der Waals surface area contributed by atoms with E-state index in [4.69, 9.17) is 0 Å². The summed E-state index contributed by atoms with van der Waals surface area (Å²) in [4.78, 5) is 14.6. The molecule has 4 aliphatic rings. The summed E-state index contributed by atoms with van der Waals surface area (Å²) in [5, 5.41) is 9.88. The van der Waals surface area contributed by atoms with Crippen molar-refractivity contribution in [3.05, 3.63) is 34.9 Å². The molecular weight excluding hydrogens is 322 g/mol. The normalized spacial score (nSPS) is 35.3. The van der Waals surface area contributed by atoms with Crippen LogP contribution in [0.2, 0.25) is 0 Å². The second-order valence-corrected chi connectivity index (χ2v) is 10.1. The number of likely N-dealkylation sites (tertiary alicyclic amines) is 1. The summed E-state index contributed by atoms with van der Waals surface area (Å²) >= 11 is 0. The summed E-state index contributed by atoms with van der Waals surface area (Å²) in [7, 11) is 0. The van der Waals surface area contributed by atoms with Crippen molar-refractivity contribution in [2.75, 3.05) is 13.1 Å². The highest BCUT2D eigenvalue weighted by atomic mass is 16.3. The molecule has 0 aromatic heterocycles. The number of amides is 1. The Morgan fingerprint density at radius 3 is 2.46 bits per heavy atom. The largest absolute Gasteiger partial charge is 0.390 e. The van der Waals surface area contributed by atoms with Crippen LogP contribution in [0.5, 0.6) is 0 Å². The summed E-state index contributed by atoms with van der Waals surface area (Å²) in [6.07, 6.45) is 7.78.